The van der Waals surface area contributed by atoms with Crippen molar-refractivity contribution in [2.24, 2.45) is 5.73 Å². The van der Waals surface area contributed by atoms with Crippen LogP contribution < -0.4 is 15.4 Å². The molecule has 1 rings (SSSR count). The van der Waals surface area contributed by atoms with Crippen molar-refractivity contribution >= 4 is 5.69 Å². The molecule has 1 aromatic carbocycles. The van der Waals surface area contributed by atoms with Gasteiger partial charge in [0.2, 0.25) is 0 Å². The van der Waals surface area contributed by atoms with E-state index in [1.54, 1.807) is 7.11 Å². The highest BCUT2D eigenvalue weighted by Crippen LogP contribution is 2.28. The Hall–Kier alpha value is -1.22. The molecule has 0 aliphatic rings. The molecule has 0 spiro atoms. The Morgan fingerprint density at radius 2 is 2.00 bits per heavy atom. The monoisotopic (exact) mass is 236 g/mol. The summed E-state index contributed by atoms with van der Waals surface area (Å²) in [6.45, 7) is 7.04. The number of hydrogen-bond acceptors (Lipinski definition) is 3. The summed E-state index contributed by atoms with van der Waals surface area (Å²) in [6, 6.07) is 6.28. The molecule has 0 aliphatic heterocycles. The fourth-order valence-electron chi connectivity index (χ4n) is 1.74. The predicted molar refractivity (Wildman–Crippen MR) is 73.9 cm³/mol. The first-order valence-corrected chi connectivity index (χ1v) is 6.07. The van der Waals surface area contributed by atoms with Crippen LogP contribution in [-0.2, 0) is 6.42 Å². The second kappa shape index (κ2) is 5.41. The maximum absolute atomic E-state index is 5.80. The normalized spacial score (nSPS) is 11.4. The molecule has 17 heavy (non-hydrogen) atoms. The van der Waals surface area contributed by atoms with Gasteiger partial charge in [-0.25, -0.2) is 0 Å². The highest BCUT2D eigenvalue weighted by atomic mass is 16.5. The maximum atomic E-state index is 5.80. The fraction of sp³-hybridized carbons (Fsp3) is 0.571. The van der Waals surface area contributed by atoms with Crippen LogP contribution in [0.2, 0.25) is 0 Å². The van der Waals surface area contributed by atoms with Gasteiger partial charge in [-0.2, -0.15) is 0 Å². The largest absolute Gasteiger partial charge is 0.496 e. The molecule has 0 heterocycles. The molecule has 0 saturated carbocycles. The summed E-state index contributed by atoms with van der Waals surface area (Å²) < 4.78 is 5.34. The number of rotatable bonds is 5. The van der Waals surface area contributed by atoms with Crippen molar-refractivity contribution in [1.82, 2.24) is 0 Å². The molecule has 3 nitrogen and oxygen atoms in total. The van der Waals surface area contributed by atoms with Gasteiger partial charge in [0.25, 0.3) is 0 Å². The van der Waals surface area contributed by atoms with Gasteiger partial charge in [-0.15, -0.1) is 0 Å². The van der Waals surface area contributed by atoms with E-state index in [-0.39, 0.29) is 5.54 Å². The molecule has 0 aromatic heterocycles. The molecule has 1 aromatic rings. The molecule has 0 radical (unpaired) electrons. The Kier molecular flexibility index (Phi) is 4.40. The standard InChI is InChI=1S/C14H24N2O/c1-6-11-9-12(7-8-13(11)17-5)16(4)14(2,3)10-15/h7-9H,6,10,15H2,1-5H3. The number of nitrogens with two attached hydrogens (primary N) is 1. The smallest absolute Gasteiger partial charge is 0.122 e. The van der Waals surface area contributed by atoms with Gasteiger partial charge in [0.1, 0.15) is 5.75 Å². The highest BCUT2D eigenvalue weighted by molar-refractivity contribution is 5.54. The van der Waals surface area contributed by atoms with Crippen molar-refractivity contribution in [3.63, 3.8) is 0 Å². The number of anilines is 1. The van der Waals surface area contributed by atoms with Crippen molar-refractivity contribution < 1.29 is 4.74 Å². The summed E-state index contributed by atoms with van der Waals surface area (Å²) in [5, 5.41) is 0. The van der Waals surface area contributed by atoms with Crippen molar-refractivity contribution in [1.29, 1.82) is 0 Å². The third-order valence-corrected chi connectivity index (χ3v) is 3.44. The Morgan fingerprint density at radius 3 is 2.47 bits per heavy atom. The molecular weight excluding hydrogens is 212 g/mol. The molecular formula is C14H24N2O. The predicted octanol–water partition coefficient (Wildman–Crippen LogP) is 2.43. The van der Waals surface area contributed by atoms with E-state index < -0.39 is 0 Å². The number of benzene rings is 1. The van der Waals surface area contributed by atoms with Crippen LogP contribution in [0, 0.1) is 0 Å². The number of aryl methyl sites for hydroxylation is 1. The SMILES string of the molecule is CCc1cc(N(C)C(C)(C)CN)ccc1OC. The summed E-state index contributed by atoms with van der Waals surface area (Å²) in [5.74, 6) is 0.954. The van der Waals surface area contributed by atoms with Gasteiger partial charge in [0, 0.05) is 24.8 Å². The summed E-state index contributed by atoms with van der Waals surface area (Å²) >= 11 is 0. The lowest BCUT2D eigenvalue weighted by molar-refractivity contribution is 0.410. The first-order chi connectivity index (χ1) is 7.96. The van der Waals surface area contributed by atoms with Crippen LogP contribution in [0.25, 0.3) is 0 Å². The molecule has 96 valence electrons. The first kappa shape index (κ1) is 13.8. The van der Waals surface area contributed by atoms with E-state index in [1.165, 1.54) is 11.3 Å². The summed E-state index contributed by atoms with van der Waals surface area (Å²) in [7, 11) is 3.79. The van der Waals surface area contributed by atoms with E-state index in [0.717, 1.165) is 12.2 Å². The Labute approximate surface area is 105 Å². The quantitative estimate of drug-likeness (QED) is 0.853. The number of likely N-dealkylation sites (N-methyl/N-ethyl adjacent to an activating group) is 1. The minimum Gasteiger partial charge on any atom is -0.496 e. The van der Waals surface area contributed by atoms with Crippen molar-refractivity contribution in [3.05, 3.63) is 23.8 Å². The van der Waals surface area contributed by atoms with Crippen LogP contribution in [0.3, 0.4) is 0 Å². The van der Waals surface area contributed by atoms with E-state index >= 15 is 0 Å². The summed E-state index contributed by atoms with van der Waals surface area (Å²) in [6.07, 6.45) is 0.966. The Morgan fingerprint density at radius 1 is 1.35 bits per heavy atom. The highest BCUT2D eigenvalue weighted by Gasteiger charge is 2.22. The second-order valence-corrected chi connectivity index (χ2v) is 4.93. The van der Waals surface area contributed by atoms with Crippen LogP contribution in [0.4, 0.5) is 5.69 Å². The number of methoxy groups -OCH3 is 1. The van der Waals surface area contributed by atoms with Gasteiger partial charge in [-0.1, -0.05) is 6.92 Å². The van der Waals surface area contributed by atoms with E-state index in [0.29, 0.717) is 6.54 Å². The molecule has 2 N–H and O–H groups in total. The molecule has 0 atom stereocenters. The Balaban J connectivity index is 3.07. The fourth-order valence-corrected chi connectivity index (χ4v) is 1.74. The third-order valence-electron chi connectivity index (χ3n) is 3.44. The second-order valence-electron chi connectivity index (χ2n) is 4.93. The topological polar surface area (TPSA) is 38.5 Å². The zero-order valence-corrected chi connectivity index (χ0v) is 11.6. The zero-order valence-electron chi connectivity index (χ0n) is 11.6. The zero-order chi connectivity index (χ0) is 13.1. The Bertz CT molecular complexity index is 374. The average Bonchev–Trinajstić information content (AvgIpc) is 2.36. The minimum atomic E-state index is -0.0421. The molecule has 0 saturated heterocycles. The van der Waals surface area contributed by atoms with Gasteiger partial charge in [-0.3, -0.25) is 0 Å². The van der Waals surface area contributed by atoms with Gasteiger partial charge < -0.3 is 15.4 Å². The lowest BCUT2D eigenvalue weighted by Gasteiger charge is -2.36. The lowest BCUT2D eigenvalue weighted by atomic mass is 10.0. The van der Waals surface area contributed by atoms with Gasteiger partial charge in [0.15, 0.2) is 0 Å². The van der Waals surface area contributed by atoms with Crippen molar-refractivity contribution in [2.45, 2.75) is 32.7 Å². The van der Waals surface area contributed by atoms with Crippen LogP contribution >= 0.6 is 0 Å². The lowest BCUT2D eigenvalue weighted by Crippen LogP contribution is -2.47. The van der Waals surface area contributed by atoms with Crippen LogP contribution in [-0.4, -0.2) is 26.2 Å². The van der Waals surface area contributed by atoms with Crippen molar-refractivity contribution in [3.8, 4) is 5.75 Å². The van der Waals surface area contributed by atoms with Crippen molar-refractivity contribution in [2.75, 3.05) is 25.6 Å². The van der Waals surface area contributed by atoms with E-state index in [2.05, 4.69) is 44.9 Å². The van der Waals surface area contributed by atoms with E-state index in [9.17, 15) is 0 Å². The van der Waals surface area contributed by atoms with Crippen LogP contribution in [0.5, 0.6) is 5.75 Å². The molecule has 0 amide bonds. The summed E-state index contributed by atoms with van der Waals surface area (Å²) in [4.78, 5) is 2.21. The van der Waals surface area contributed by atoms with Gasteiger partial charge in [0.05, 0.1) is 7.11 Å². The van der Waals surface area contributed by atoms with Gasteiger partial charge >= 0.3 is 0 Å². The first-order valence-electron chi connectivity index (χ1n) is 6.07. The molecule has 0 bridgehead atoms. The number of hydrogen-bond donors (Lipinski definition) is 1. The molecule has 0 fully saturated rings. The number of nitrogens with zero attached hydrogens (tertiary/aromatic N) is 1. The molecule has 3 heteroatoms. The van der Waals surface area contributed by atoms with E-state index in [4.69, 9.17) is 10.5 Å². The van der Waals surface area contributed by atoms with Gasteiger partial charge in [-0.05, 0) is 44.0 Å². The molecule has 0 unspecified atom stereocenters. The van der Waals surface area contributed by atoms with Crippen LogP contribution in [0.1, 0.15) is 26.3 Å². The average molecular weight is 236 g/mol. The minimum absolute atomic E-state index is 0.0421. The van der Waals surface area contributed by atoms with E-state index in [1.807, 2.05) is 6.07 Å². The number of ether oxygens (including phenoxy) is 1. The third kappa shape index (κ3) is 2.91. The maximum Gasteiger partial charge on any atom is 0.122 e. The molecule has 0 aliphatic carbocycles. The summed E-state index contributed by atoms with van der Waals surface area (Å²) in [5.41, 5.74) is 8.17. The van der Waals surface area contributed by atoms with Crippen LogP contribution in [0.15, 0.2) is 18.2 Å².